The molecule has 102 valence electrons. The summed E-state index contributed by atoms with van der Waals surface area (Å²) in [5, 5.41) is 3.55. The predicted octanol–water partition coefficient (Wildman–Crippen LogP) is 3.18. The van der Waals surface area contributed by atoms with E-state index in [0.29, 0.717) is 18.0 Å². The minimum Gasteiger partial charge on any atom is -0.350 e. The van der Waals surface area contributed by atoms with Crippen LogP contribution in [0.4, 0.5) is 0 Å². The summed E-state index contributed by atoms with van der Waals surface area (Å²) < 4.78 is 1.86. The Morgan fingerprint density at radius 3 is 3.00 bits per heavy atom. The maximum atomic E-state index is 11.6. The van der Waals surface area contributed by atoms with Gasteiger partial charge in [0, 0.05) is 18.8 Å². The van der Waals surface area contributed by atoms with E-state index in [2.05, 4.69) is 17.2 Å². The second-order valence-corrected chi connectivity index (χ2v) is 5.02. The second-order valence-electron chi connectivity index (χ2n) is 4.58. The molecule has 2 heterocycles. The molecule has 19 heavy (non-hydrogen) atoms. The largest absolute Gasteiger partial charge is 0.350 e. The molecule has 0 aliphatic carbocycles. The van der Waals surface area contributed by atoms with Gasteiger partial charge in [-0.15, -0.1) is 0 Å². The zero-order chi connectivity index (χ0) is 13.7. The van der Waals surface area contributed by atoms with Crippen LogP contribution in [0.25, 0.3) is 5.65 Å². The van der Waals surface area contributed by atoms with E-state index < -0.39 is 0 Å². The molecule has 0 saturated carbocycles. The highest BCUT2D eigenvalue weighted by atomic mass is 35.5. The number of carbonyl (C=O) groups excluding carboxylic acids is 1. The van der Waals surface area contributed by atoms with Crippen LogP contribution in [0.5, 0.6) is 0 Å². The van der Waals surface area contributed by atoms with Gasteiger partial charge in [-0.1, -0.05) is 31.4 Å². The molecule has 0 fully saturated rings. The molecule has 2 rings (SSSR count). The van der Waals surface area contributed by atoms with Crippen LogP contribution in [0.2, 0.25) is 5.02 Å². The molecule has 5 heteroatoms. The minimum atomic E-state index is 0.0866. The number of nitrogens with one attached hydrogen (secondary N) is 1. The molecular weight excluding hydrogens is 262 g/mol. The van der Waals surface area contributed by atoms with Crippen molar-refractivity contribution in [3.05, 3.63) is 35.2 Å². The fraction of sp³-hybridized carbons (Fsp3) is 0.429. The van der Waals surface area contributed by atoms with Crippen LogP contribution in [0.15, 0.2) is 24.5 Å². The van der Waals surface area contributed by atoms with Crippen LogP contribution in [-0.2, 0) is 11.3 Å². The normalized spacial score (nSPS) is 10.8. The number of unbranched alkanes of at least 4 members (excludes halogenated alkanes) is 2. The second kappa shape index (κ2) is 6.57. The summed E-state index contributed by atoms with van der Waals surface area (Å²) in [6.07, 6.45) is 7.45. The van der Waals surface area contributed by atoms with Crippen LogP contribution in [0.1, 0.15) is 38.3 Å². The Labute approximate surface area is 117 Å². The number of hydrogen-bond acceptors (Lipinski definition) is 2. The molecule has 0 saturated heterocycles. The Hall–Kier alpha value is -1.55. The zero-order valence-electron chi connectivity index (χ0n) is 11.0. The van der Waals surface area contributed by atoms with E-state index in [0.717, 1.165) is 30.6 Å². The number of fused-ring (bicyclic) bond motifs is 1. The number of hydrogen-bond donors (Lipinski definition) is 1. The van der Waals surface area contributed by atoms with Crippen molar-refractivity contribution >= 4 is 23.2 Å². The summed E-state index contributed by atoms with van der Waals surface area (Å²) in [6, 6.07) is 3.66. The topological polar surface area (TPSA) is 46.4 Å². The Balaban J connectivity index is 1.89. The molecule has 0 radical (unpaired) electrons. The standard InChI is InChI=1S/C14H18ClN3O/c1-2-3-4-5-14(19)16-8-12-10-18-9-11(15)6-7-13(18)17-12/h6-7,9-10H,2-5,8H2,1H3,(H,16,19). The fourth-order valence-corrected chi connectivity index (χ4v) is 2.08. The minimum absolute atomic E-state index is 0.0866. The monoisotopic (exact) mass is 279 g/mol. The first-order valence-electron chi connectivity index (χ1n) is 6.59. The van der Waals surface area contributed by atoms with Gasteiger partial charge in [0.25, 0.3) is 0 Å². The third-order valence-corrected chi connectivity index (χ3v) is 3.16. The van der Waals surface area contributed by atoms with Gasteiger partial charge in [-0.05, 0) is 18.6 Å². The summed E-state index contributed by atoms with van der Waals surface area (Å²) >= 11 is 5.91. The van der Waals surface area contributed by atoms with E-state index in [1.165, 1.54) is 0 Å². The van der Waals surface area contributed by atoms with Gasteiger partial charge < -0.3 is 9.72 Å². The number of rotatable bonds is 6. The molecule has 2 aromatic heterocycles. The molecule has 1 N–H and O–H groups in total. The van der Waals surface area contributed by atoms with Crippen LogP contribution in [-0.4, -0.2) is 15.3 Å². The maximum absolute atomic E-state index is 11.6. The van der Waals surface area contributed by atoms with Crippen molar-refractivity contribution in [3.63, 3.8) is 0 Å². The molecule has 0 spiro atoms. The number of carbonyl (C=O) groups is 1. The molecule has 2 aromatic rings. The van der Waals surface area contributed by atoms with Gasteiger partial charge in [0.15, 0.2) is 0 Å². The predicted molar refractivity (Wildman–Crippen MR) is 76.2 cm³/mol. The van der Waals surface area contributed by atoms with Crippen molar-refractivity contribution in [3.8, 4) is 0 Å². The summed E-state index contributed by atoms with van der Waals surface area (Å²) in [5.74, 6) is 0.0866. The van der Waals surface area contributed by atoms with Crippen LogP contribution in [0.3, 0.4) is 0 Å². The third-order valence-electron chi connectivity index (χ3n) is 2.94. The van der Waals surface area contributed by atoms with E-state index in [1.54, 1.807) is 12.3 Å². The lowest BCUT2D eigenvalue weighted by molar-refractivity contribution is -0.121. The van der Waals surface area contributed by atoms with Crippen molar-refractivity contribution in [2.45, 2.75) is 39.2 Å². The molecule has 0 aromatic carbocycles. The molecule has 0 bridgehead atoms. The third kappa shape index (κ3) is 3.96. The summed E-state index contributed by atoms with van der Waals surface area (Å²) in [4.78, 5) is 16.0. The SMILES string of the molecule is CCCCCC(=O)NCc1cn2cc(Cl)ccc2n1. The average Bonchev–Trinajstić information content (AvgIpc) is 2.78. The first-order valence-corrected chi connectivity index (χ1v) is 6.96. The van der Waals surface area contributed by atoms with Gasteiger partial charge in [-0.3, -0.25) is 4.79 Å². The maximum Gasteiger partial charge on any atom is 0.220 e. The van der Waals surface area contributed by atoms with Gasteiger partial charge in [0.1, 0.15) is 5.65 Å². The molecule has 0 aliphatic rings. The van der Waals surface area contributed by atoms with Crippen molar-refractivity contribution in [1.29, 1.82) is 0 Å². The number of nitrogens with zero attached hydrogens (tertiary/aromatic N) is 2. The van der Waals surface area contributed by atoms with Gasteiger partial charge in [0.2, 0.25) is 5.91 Å². The van der Waals surface area contributed by atoms with Crippen molar-refractivity contribution < 1.29 is 4.79 Å². The summed E-state index contributed by atoms with van der Waals surface area (Å²) in [6.45, 7) is 2.59. The Kier molecular flexibility index (Phi) is 4.80. The molecule has 1 amide bonds. The van der Waals surface area contributed by atoms with Crippen LogP contribution < -0.4 is 5.32 Å². The number of halogens is 1. The van der Waals surface area contributed by atoms with Crippen LogP contribution in [0, 0.1) is 0 Å². The van der Waals surface area contributed by atoms with Gasteiger partial charge in [-0.25, -0.2) is 4.98 Å². The quantitative estimate of drug-likeness (QED) is 0.826. The van der Waals surface area contributed by atoms with Crippen molar-refractivity contribution in [1.82, 2.24) is 14.7 Å². The summed E-state index contributed by atoms with van der Waals surface area (Å²) in [5.41, 5.74) is 1.67. The molecule has 4 nitrogen and oxygen atoms in total. The van der Waals surface area contributed by atoms with Crippen molar-refractivity contribution in [2.75, 3.05) is 0 Å². The smallest absolute Gasteiger partial charge is 0.220 e. The average molecular weight is 280 g/mol. The lowest BCUT2D eigenvalue weighted by atomic mass is 10.2. The van der Waals surface area contributed by atoms with Crippen LogP contribution >= 0.6 is 11.6 Å². The van der Waals surface area contributed by atoms with Gasteiger partial charge in [-0.2, -0.15) is 0 Å². The molecule has 0 unspecified atom stereocenters. The first-order chi connectivity index (χ1) is 9.19. The Morgan fingerprint density at radius 1 is 1.37 bits per heavy atom. The molecule has 0 aliphatic heterocycles. The van der Waals surface area contributed by atoms with E-state index in [1.807, 2.05) is 16.7 Å². The number of pyridine rings is 1. The number of imidazole rings is 1. The molecule has 0 atom stereocenters. The van der Waals surface area contributed by atoms with E-state index in [4.69, 9.17) is 11.6 Å². The Bertz CT molecular complexity index is 565. The van der Waals surface area contributed by atoms with Gasteiger partial charge in [0.05, 0.1) is 17.3 Å². The van der Waals surface area contributed by atoms with E-state index in [-0.39, 0.29) is 5.91 Å². The number of amides is 1. The van der Waals surface area contributed by atoms with Crippen molar-refractivity contribution in [2.24, 2.45) is 0 Å². The number of aromatic nitrogens is 2. The zero-order valence-corrected chi connectivity index (χ0v) is 11.8. The Morgan fingerprint density at radius 2 is 2.21 bits per heavy atom. The summed E-state index contributed by atoms with van der Waals surface area (Å²) in [7, 11) is 0. The van der Waals surface area contributed by atoms with E-state index >= 15 is 0 Å². The highest BCUT2D eigenvalue weighted by Gasteiger charge is 2.04. The van der Waals surface area contributed by atoms with Gasteiger partial charge >= 0.3 is 0 Å². The lowest BCUT2D eigenvalue weighted by Crippen LogP contribution is -2.22. The van der Waals surface area contributed by atoms with E-state index in [9.17, 15) is 4.79 Å². The first kappa shape index (κ1) is 13.9. The molecular formula is C14H18ClN3O. The fourth-order valence-electron chi connectivity index (χ4n) is 1.92. The lowest BCUT2D eigenvalue weighted by Gasteiger charge is -2.02. The highest BCUT2D eigenvalue weighted by Crippen LogP contribution is 2.11. The highest BCUT2D eigenvalue weighted by molar-refractivity contribution is 6.30.